The molecule has 2 rings (SSSR count). The van der Waals surface area contributed by atoms with Crippen molar-refractivity contribution in [2.24, 2.45) is 0 Å². The lowest BCUT2D eigenvalue weighted by Gasteiger charge is -2.21. The summed E-state index contributed by atoms with van der Waals surface area (Å²) in [5.41, 5.74) is 3.29. The van der Waals surface area contributed by atoms with Crippen LogP contribution < -0.4 is 0 Å². The Morgan fingerprint density at radius 2 is 2.38 bits per heavy atom. The van der Waals surface area contributed by atoms with Gasteiger partial charge in [-0.25, -0.2) is 0 Å². The monoisotopic (exact) mass is 175 g/mol. The molecular formula is C10H13N3. The van der Waals surface area contributed by atoms with E-state index in [0.29, 0.717) is 0 Å². The lowest BCUT2D eigenvalue weighted by molar-refractivity contribution is 0.529. The molecule has 0 saturated heterocycles. The standard InChI is InChI=1S/C10H13N3/c1-8-7-9(12-11-8)10-5-3-4-6-13(10)2/h3-5,7H,6H2,1-2H3,(H,11,12). The number of nitrogens with zero attached hydrogens (tertiary/aromatic N) is 2. The highest BCUT2D eigenvalue weighted by atomic mass is 15.2. The molecule has 1 N–H and O–H groups in total. The summed E-state index contributed by atoms with van der Waals surface area (Å²) < 4.78 is 0. The topological polar surface area (TPSA) is 31.9 Å². The largest absolute Gasteiger partial charge is 0.369 e. The van der Waals surface area contributed by atoms with Crippen molar-refractivity contribution in [3.8, 4) is 0 Å². The maximum Gasteiger partial charge on any atom is 0.108 e. The second kappa shape index (κ2) is 3.09. The van der Waals surface area contributed by atoms with Crippen molar-refractivity contribution in [3.05, 3.63) is 35.7 Å². The van der Waals surface area contributed by atoms with E-state index in [-0.39, 0.29) is 0 Å². The summed E-state index contributed by atoms with van der Waals surface area (Å²) in [5.74, 6) is 0. The Morgan fingerprint density at radius 1 is 1.54 bits per heavy atom. The Hall–Kier alpha value is -1.51. The van der Waals surface area contributed by atoms with Crippen molar-refractivity contribution in [1.29, 1.82) is 0 Å². The fourth-order valence-corrected chi connectivity index (χ4v) is 1.43. The minimum absolute atomic E-state index is 0.956. The van der Waals surface area contributed by atoms with Crippen molar-refractivity contribution in [1.82, 2.24) is 15.1 Å². The predicted molar refractivity (Wildman–Crippen MR) is 53.1 cm³/mol. The van der Waals surface area contributed by atoms with Crippen molar-refractivity contribution < 1.29 is 0 Å². The zero-order chi connectivity index (χ0) is 9.26. The van der Waals surface area contributed by atoms with Crippen LogP contribution in [0.2, 0.25) is 0 Å². The van der Waals surface area contributed by atoms with Crippen molar-refractivity contribution >= 4 is 5.70 Å². The van der Waals surface area contributed by atoms with Crippen LogP contribution in [0, 0.1) is 6.92 Å². The summed E-state index contributed by atoms with van der Waals surface area (Å²) in [5, 5.41) is 7.17. The van der Waals surface area contributed by atoms with E-state index in [4.69, 9.17) is 0 Å². The third-order valence-corrected chi connectivity index (χ3v) is 2.15. The molecule has 0 fully saturated rings. The SMILES string of the molecule is Cc1cc(C2=CC=CCN2C)n[nH]1. The molecule has 0 spiro atoms. The highest BCUT2D eigenvalue weighted by molar-refractivity contribution is 5.63. The van der Waals surface area contributed by atoms with E-state index in [9.17, 15) is 0 Å². The molecule has 1 aromatic rings. The van der Waals surface area contributed by atoms with Crippen LogP contribution >= 0.6 is 0 Å². The first kappa shape index (κ1) is 8.10. The van der Waals surface area contributed by atoms with E-state index in [1.807, 2.05) is 6.92 Å². The second-order valence-electron chi connectivity index (χ2n) is 3.30. The van der Waals surface area contributed by atoms with Crippen LogP contribution in [0.4, 0.5) is 0 Å². The summed E-state index contributed by atoms with van der Waals surface area (Å²) in [4.78, 5) is 2.18. The Bertz CT molecular complexity index is 360. The van der Waals surface area contributed by atoms with Gasteiger partial charge < -0.3 is 4.90 Å². The van der Waals surface area contributed by atoms with Crippen LogP contribution in [-0.4, -0.2) is 28.7 Å². The van der Waals surface area contributed by atoms with Gasteiger partial charge in [0.2, 0.25) is 0 Å². The van der Waals surface area contributed by atoms with Gasteiger partial charge in [0.1, 0.15) is 5.69 Å². The first-order valence-electron chi connectivity index (χ1n) is 4.38. The number of nitrogens with one attached hydrogen (secondary N) is 1. The Morgan fingerprint density at radius 3 is 3.00 bits per heavy atom. The maximum absolute atomic E-state index is 4.22. The molecule has 0 radical (unpaired) electrons. The normalized spacial score (nSPS) is 16.2. The number of H-pyrrole nitrogens is 1. The van der Waals surface area contributed by atoms with Crippen molar-refractivity contribution in [3.63, 3.8) is 0 Å². The minimum atomic E-state index is 0.956. The van der Waals surface area contributed by atoms with Gasteiger partial charge in [0, 0.05) is 19.3 Å². The fourth-order valence-electron chi connectivity index (χ4n) is 1.43. The molecule has 0 unspecified atom stereocenters. The van der Waals surface area contributed by atoms with Crippen LogP contribution in [0.15, 0.2) is 24.3 Å². The average molecular weight is 175 g/mol. The van der Waals surface area contributed by atoms with Gasteiger partial charge in [0.05, 0.1) is 5.70 Å². The third-order valence-electron chi connectivity index (χ3n) is 2.15. The van der Waals surface area contributed by atoms with Gasteiger partial charge in [-0.1, -0.05) is 12.2 Å². The van der Waals surface area contributed by atoms with Crippen molar-refractivity contribution in [2.75, 3.05) is 13.6 Å². The summed E-state index contributed by atoms with van der Waals surface area (Å²) in [6.45, 7) is 2.97. The highest BCUT2D eigenvalue weighted by Crippen LogP contribution is 2.18. The van der Waals surface area contributed by atoms with Gasteiger partial charge in [-0.2, -0.15) is 5.10 Å². The number of likely N-dealkylation sites (N-methyl/N-ethyl adjacent to an activating group) is 1. The van der Waals surface area contributed by atoms with Gasteiger partial charge in [0.15, 0.2) is 0 Å². The highest BCUT2D eigenvalue weighted by Gasteiger charge is 2.10. The van der Waals surface area contributed by atoms with Crippen LogP contribution in [0.25, 0.3) is 5.70 Å². The number of hydrogen-bond donors (Lipinski definition) is 1. The number of rotatable bonds is 1. The first-order valence-corrected chi connectivity index (χ1v) is 4.38. The molecule has 0 saturated carbocycles. The van der Waals surface area contributed by atoms with Gasteiger partial charge >= 0.3 is 0 Å². The quantitative estimate of drug-likeness (QED) is 0.702. The number of aromatic amines is 1. The molecule has 1 aromatic heterocycles. The molecule has 3 nitrogen and oxygen atoms in total. The molecule has 68 valence electrons. The fraction of sp³-hybridized carbons (Fsp3) is 0.300. The van der Waals surface area contributed by atoms with Crippen molar-refractivity contribution in [2.45, 2.75) is 6.92 Å². The van der Waals surface area contributed by atoms with Crippen LogP contribution in [0.1, 0.15) is 11.4 Å². The summed E-state index contributed by atoms with van der Waals surface area (Å²) in [6, 6.07) is 2.06. The number of allylic oxidation sites excluding steroid dienone is 2. The first-order chi connectivity index (χ1) is 6.27. The molecule has 0 aromatic carbocycles. The molecule has 1 aliphatic heterocycles. The molecule has 13 heavy (non-hydrogen) atoms. The molecule has 0 atom stereocenters. The lowest BCUT2D eigenvalue weighted by Crippen LogP contribution is -2.18. The van der Waals surface area contributed by atoms with E-state index in [0.717, 1.165) is 17.9 Å². The van der Waals surface area contributed by atoms with E-state index in [2.05, 4.69) is 46.4 Å². The molecule has 2 heterocycles. The predicted octanol–water partition coefficient (Wildman–Crippen LogP) is 1.56. The van der Waals surface area contributed by atoms with Crippen LogP contribution in [0.3, 0.4) is 0 Å². The molecule has 0 amide bonds. The van der Waals surface area contributed by atoms with Crippen LogP contribution in [-0.2, 0) is 0 Å². The van der Waals surface area contributed by atoms with Gasteiger partial charge in [-0.3, -0.25) is 5.10 Å². The van der Waals surface area contributed by atoms with E-state index < -0.39 is 0 Å². The smallest absolute Gasteiger partial charge is 0.108 e. The van der Waals surface area contributed by atoms with Gasteiger partial charge in [0.25, 0.3) is 0 Å². The zero-order valence-corrected chi connectivity index (χ0v) is 7.91. The Kier molecular flexibility index (Phi) is 1.93. The second-order valence-corrected chi connectivity index (χ2v) is 3.30. The van der Waals surface area contributed by atoms with E-state index >= 15 is 0 Å². The molecule has 1 aliphatic rings. The third kappa shape index (κ3) is 1.49. The van der Waals surface area contributed by atoms with E-state index in [1.165, 1.54) is 5.70 Å². The molecule has 0 bridgehead atoms. The molecular weight excluding hydrogens is 162 g/mol. The summed E-state index contributed by atoms with van der Waals surface area (Å²) in [6.07, 6.45) is 6.28. The minimum Gasteiger partial charge on any atom is -0.369 e. The average Bonchev–Trinajstić information content (AvgIpc) is 2.53. The zero-order valence-electron chi connectivity index (χ0n) is 7.91. The molecule has 3 heteroatoms. The number of hydrogen-bond acceptors (Lipinski definition) is 2. The van der Waals surface area contributed by atoms with E-state index in [1.54, 1.807) is 0 Å². The summed E-state index contributed by atoms with van der Waals surface area (Å²) in [7, 11) is 2.07. The molecule has 0 aliphatic carbocycles. The Balaban J connectivity index is 2.34. The van der Waals surface area contributed by atoms with Gasteiger partial charge in [-0.05, 0) is 19.1 Å². The maximum atomic E-state index is 4.22. The van der Waals surface area contributed by atoms with Crippen LogP contribution in [0.5, 0.6) is 0 Å². The summed E-state index contributed by atoms with van der Waals surface area (Å²) >= 11 is 0. The number of aromatic nitrogens is 2. The lowest BCUT2D eigenvalue weighted by atomic mass is 10.2. The Labute approximate surface area is 77.8 Å². The number of aryl methyl sites for hydroxylation is 1. The van der Waals surface area contributed by atoms with Gasteiger partial charge in [-0.15, -0.1) is 0 Å².